The predicted molar refractivity (Wildman–Crippen MR) is 68.2 cm³/mol. The second-order valence-corrected chi connectivity index (χ2v) is 4.84. The van der Waals surface area contributed by atoms with Crippen molar-refractivity contribution in [3.05, 3.63) is 24.0 Å². The fourth-order valence-electron chi connectivity index (χ4n) is 1.55. The first-order valence-corrected chi connectivity index (χ1v) is 6.02. The number of hydrogen-bond donors (Lipinski definition) is 2. The highest BCUT2D eigenvalue weighted by Gasteiger charge is 2.23. The molecule has 1 aromatic rings. The van der Waals surface area contributed by atoms with Gasteiger partial charge in [0, 0.05) is 18.5 Å². The minimum absolute atomic E-state index is 0.260. The number of hydrogen-bond acceptors (Lipinski definition) is 2. The molecule has 0 unspecified atom stereocenters. The highest BCUT2D eigenvalue weighted by Crippen LogP contribution is 2.27. The van der Waals surface area contributed by atoms with Crippen LogP contribution in [0.4, 0.5) is 14.9 Å². The molecule has 17 heavy (non-hydrogen) atoms. The van der Waals surface area contributed by atoms with Gasteiger partial charge in [0.05, 0.1) is 5.69 Å². The van der Waals surface area contributed by atoms with Crippen LogP contribution in [0.25, 0.3) is 0 Å². The number of anilines is 1. The Kier molecular flexibility index (Phi) is 3.57. The van der Waals surface area contributed by atoms with Crippen molar-refractivity contribution in [2.24, 2.45) is 5.92 Å². The van der Waals surface area contributed by atoms with Crippen molar-refractivity contribution in [2.75, 3.05) is 18.5 Å². The molecule has 0 spiro atoms. The molecule has 2 amide bonds. The molecule has 5 heteroatoms. The van der Waals surface area contributed by atoms with Crippen LogP contribution in [0, 0.1) is 11.7 Å². The average Bonchev–Trinajstić information content (AvgIpc) is 3.09. The summed E-state index contributed by atoms with van der Waals surface area (Å²) in [6.07, 6.45) is 2.35. The van der Waals surface area contributed by atoms with E-state index < -0.39 is 5.82 Å². The lowest BCUT2D eigenvalue weighted by Gasteiger charge is -2.18. The Bertz CT molecular complexity index is 435. The third kappa shape index (κ3) is 3.12. The number of thiol groups is 1. The third-order valence-corrected chi connectivity index (χ3v) is 3.11. The van der Waals surface area contributed by atoms with Gasteiger partial charge in [0.2, 0.25) is 0 Å². The molecule has 1 fully saturated rings. The highest BCUT2D eigenvalue weighted by molar-refractivity contribution is 7.80. The molecule has 92 valence electrons. The van der Waals surface area contributed by atoms with Gasteiger partial charge in [-0.3, -0.25) is 4.90 Å². The summed E-state index contributed by atoms with van der Waals surface area (Å²) in [4.78, 5) is 13.6. The molecule has 1 aliphatic rings. The Hall–Kier alpha value is -1.23. The molecule has 0 aliphatic heterocycles. The van der Waals surface area contributed by atoms with E-state index in [4.69, 9.17) is 0 Å². The van der Waals surface area contributed by atoms with Gasteiger partial charge in [-0.1, -0.05) is 0 Å². The van der Waals surface area contributed by atoms with E-state index in [-0.39, 0.29) is 11.7 Å². The number of halogens is 1. The minimum Gasteiger partial charge on any atom is -0.337 e. The van der Waals surface area contributed by atoms with E-state index in [0.717, 1.165) is 0 Å². The van der Waals surface area contributed by atoms with Crippen LogP contribution < -0.4 is 10.2 Å². The molecular formula is C12H15FN2OS. The molecule has 1 aliphatic carbocycles. The molecule has 3 nitrogen and oxygen atoms in total. The summed E-state index contributed by atoms with van der Waals surface area (Å²) >= 11 is 4.04. The van der Waals surface area contributed by atoms with Crippen LogP contribution in [0.1, 0.15) is 12.8 Å². The fourth-order valence-corrected chi connectivity index (χ4v) is 1.74. The van der Waals surface area contributed by atoms with Gasteiger partial charge in [-0.15, -0.1) is 12.6 Å². The Morgan fingerprint density at radius 1 is 1.59 bits per heavy atom. The number of urea groups is 1. The number of carbonyl (C=O) groups excluding carboxylic acids is 1. The van der Waals surface area contributed by atoms with Gasteiger partial charge in [0.15, 0.2) is 0 Å². The van der Waals surface area contributed by atoms with Crippen LogP contribution in [-0.2, 0) is 0 Å². The third-order valence-electron chi connectivity index (χ3n) is 2.84. The van der Waals surface area contributed by atoms with Crippen LogP contribution in [0.2, 0.25) is 0 Å². The zero-order chi connectivity index (χ0) is 12.4. The van der Waals surface area contributed by atoms with Crippen LogP contribution in [0.15, 0.2) is 23.1 Å². The smallest absolute Gasteiger partial charge is 0.321 e. The number of nitrogens with zero attached hydrogens (tertiary/aromatic N) is 1. The summed E-state index contributed by atoms with van der Waals surface area (Å²) in [5.74, 6) is 0.165. The van der Waals surface area contributed by atoms with Crippen molar-refractivity contribution in [2.45, 2.75) is 17.7 Å². The zero-order valence-corrected chi connectivity index (χ0v) is 10.5. The monoisotopic (exact) mass is 254 g/mol. The standard InChI is InChI=1S/C12H15FN2OS/c1-15(12(16)14-7-8-2-3-8)11-5-4-9(17)6-10(11)13/h4-6,8,17H,2-3,7H2,1H3,(H,14,16). The van der Waals surface area contributed by atoms with E-state index in [1.807, 2.05) is 0 Å². The van der Waals surface area contributed by atoms with Gasteiger partial charge in [-0.2, -0.15) is 0 Å². The Morgan fingerprint density at radius 3 is 2.88 bits per heavy atom. The first kappa shape index (κ1) is 12.2. The molecule has 0 atom stereocenters. The normalized spacial score (nSPS) is 14.5. The maximum absolute atomic E-state index is 13.6. The Labute approximate surface area is 105 Å². The molecular weight excluding hydrogens is 239 g/mol. The molecule has 0 aromatic heterocycles. The van der Waals surface area contributed by atoms with Crippen LogP contribution in [-0.4, -0.2) is 19.6 Å². The van der Waals surface area contributed by atoms with E-state index in [1.165, 1.54) is 23.8 Å². The topological polar surface area (TPSA) is 32.3 Å². The first-order chi connectivity index (χ1) is 8.08. The fraction of sp³-hybridized carbons (Fsp3) is 0.417. The first-order valence-electron chi connectivity index (χ1n) is 5.58. The van der Waals surface area contributed by atoms with Gasteiger partial charge >= 0.3 is 6.03 Å². The molecule has 2 rings (SSSR count). The number of amides is 2. The van der Waals surface area contributed by atoms with Gasteiger partial charge in [-0.05, 0) is 37.0 Å². The SMILES string of the molecule is CN(C(=O)NCC1CC1)c1ccc(S)cc1F. The predicted octanol–water partition coefficient (Wildman–Crippen LogP) is 2.67. The summed E-state index contributed by atoms with van der Waals surface area (Å²) in [5.41, 5.74) is 0.260. The quantitative estimate of drug-likeness (QED) is 0.799. The van der Waals surface area contributed by atoms with E-state index in [9.17, 15) is 9.18 Å². The number of rotatable bonds is 3. The lowest BCUT2D eigenvalue weighted by Crippen LogP contribution is -2.38. The van der Waals surface area contributed by atoms with E-state index in [1.54, 1.807) is 19.2 Å². The van der Waals surface area contributed by atoms with E-state index in [2.05, 4.69) is 17.9 Å². The summed E-state index contributed by atoms with van der Waals surface area (Å²) in [6.45, 7) is 0.676. The van der Waals surface area contributed by atoms with Crippen molar-refractivity contribution in [1.29, 1.82) is 0 Å². The zero-order valence-electron chi connectivity index (χ0n) is 9.61. The molecule has 1 N–H and O–H groups in total. The lowest BCUT2D eigenvalue weighted by atomic mass is 10.3. The molecule has 1 aromatic carbocycles. The molecule has 0 radical (unpaired) electrons. The van der Waals surface area contributed by atoms with E-state index in [0.29, 0.717) is 17.4 Å². The lowest BCUT2D eigenvalue weighted by molar-refractivity contribution is 0.247. The molecule has 0 bridgehead atoms. The van der Waals surface area contributed by atoms with Gasteiger partial charge < -0.3 is 5.32 Å². The summed E-state index contributed by atoms with van der Waals surface area (Å²) in [5, 5.41) is 2.79. The maximum Gasteiger partial charge on any atom is 0.321 e. The van der Waals surface area contributed by atoms with Crippen molar-refractivity contribution >= 4 is 24.3 Å². The molecule has 1 saturated carbocycles. The molecule has 0 heterocycles. The number of carbonyl (C=O) groups is 1. The van der Waals surface area contributed by atoms with Crippen molar-refractivity contribution < 1.29 is 9.18 Å². The highest BCUT2D eigenvalue weighted by atomic mass is 32.1. The second-order valence-electron chi connectivity index (χ2n) is 4.32. The minimum atomic E-state index is -0.443. The second kappa shape index (κ2) is 4.96. The summed E-state index contributed by atoms with van der Waals surface area (Å²) in [7, 11) is 1.55. The van der Waals surface area contributed by atoms with Gasteiger partial charge in [0.1, 0.15) is 5.82 Å². The average molecular weight is 254 g/mol. The number of benzene rings is 1. The van der Waals surface area contributed by atoms with Crippen LogP contribution in [0.3, 0.4) is 0 Å². The Balaban J connectivity index is 2.01. The van der Waals surface area contributed by atoms with Gasteiger partial charge in [-0.25, -0.2) is 9.18 Å². The van der Waals surface area contributed by atoms with Crippen molar-refractivity contribution in [1.82, 2.24) is 5.32 Å². The Morgan fingerprint density at radius 2 is 2.29 bits per heavy atom. The van der Waals surface area contributed by atoms with Crippen LogP contribution in [0.5, 0.6) is 0 Å². The summed E-state index contributed by atoms with van der Waals surface area (Å²) < 4.78 is 13.6. The van der Waals surface area contributed by atoms with Crippen molar-refractivity contribution in [3.8, 4) is 0 Å². The number of nitrogens with one attached hydrogen (secondary N) is 1. The largest absolute Gasteiger partial charge is 0.337 e. The van der Waals surface area contributed by atoms with E-state index >= 15 is 0 Å². The maximum atomic E-state index is 13.6. The molecule has 0 saturated heterocycles. The van der Waals surface area contributed by atoms with Crippen molar-refractivity contribution in [3.63, 3.8) is 0 Å². The van der Waals surface area contributed by atoms with Gasteiger partial charge in [0.25, 0.3) is 0 Å². The summed E-state index contributed by atoms with van der Waals surface area (Å²) in [6, 6.07) is 4.23. The van der Waals surface area contributed by atoms with Crippen LogP contribution >= 0.6 is 12.6 Å².